The topological polar surface area (TPSA) is 55.1 Å². The summed E-state index contributed by atoms with van der Waals surface area (Å²) in [6, 6.07) is 12.1. The number of hydrogen-bond acceptors (Lipinski definition) is 5. The third-order valence-electron chi connectivity index (χ3n) is 4.74. The molecule has 0 unspecified atom stereocenters. The lowest BCUT2D eigenvalue weighted by Gasteiger charge is -2.28. The zero-order chi connectivity index (χ0) is 18.2. The highest BCUT2D eigenvalue weighted by molar-refractivity contribution is 5.25. The van der Waals surface area contributed by atoms with Crippen LogP contribution in [0.3, 0.4) is 0 Å². The van der Waals surface area contributed by atoms with Crippen molar-refractivity contribution in [3.05, 3.63) is 59.5 Å². The van der Waals surface area contributed by atoms with Crippen molar-refractivity contribution in [2.45, 2.75) is 45.1 Å². The Morgan fingerprint density at radius 2 is 2.15 bits per heavy atom. The van der Waals surface area contributed by atoms with Crippen LogP contribution in [0.1, 0.15) is 29.7 Å². The molecule has 1 aliphatic rings. The smallest absolute Gasteiger partial charge is 0.129 e. The van der Waals surface area contributed by atoms with E-state index in [1.165, 1.54) is 11.1 Å². The summed E-state index contributed by atoms with van der Waals surface area (Å²) in [5.41, 5.74) is 2.56. The first-order valence-electron chi connectivity index (χ1n) is 9.37. The Morgan fingerprint density at radius 1 is 1.27 bits per heavy atom. The summed E-state index contributed by atoms with van der Waals surface area (Å²) < 4.78 is 16.6. The molecule has 0 amide bonds. The van der Waals surface area contributed by atoms with Crippen LogP contribution in [-0.2, 0) is 22.6 Å². The Kier molecular flexibility index (Phi) is 7.26. The monoisotopic (exact) mass is 359 g/mol. The second kappa shape index (κ2) is 9.88. The zero-order valence-corrected chi connectivity index (χ0v) is 15.5. The molecule has 0 saturated carbocycles. The molecule has 2 aromatic rings. The van der Waals surface area contributed by atoms with Crippen molar-refractivity contribution >= 4 is 0 Å². The normalized spacial score (nSPS) is 18.5. The minimum Gasteiger partial charge on any atom is -0.467 e. The molecule has 2 heterocycles. The van der Waals surface area contributed by atoms with E-state index >= 15 is 0 Å². The molecule has 5 heteroatoms. The summed E-state index contributed by atoms with van der Waals surface area (Å²) >= 11 is 0. The van der Waals surface area contributed by atoms with E-state index in [-0.39, 0.29) is 12.7 Å². The number of aryl methyl sites for hydroxylation is 1. The van der Waals surface area contributed by atoms with Gasteiger partial charge in [-0.2, -0.15) is 0 Å². The average Bonchev–Trinajstić information content (AvgIpc) is 3.31. The lowest BCUT2D eigenvalue weighted by molar-refractivity contribution is -0.00639. The minimum atomic E-state index is -0.546. The highest BCUT2D eigenvalue weighted by atomic mass is 16.5. The Balaban J connectivity index is 1.52. The maximum absolute atomic E-state index is 10.4. The third kappa shape index (κ3) is 5.95. The van der Waals surface area contributed by atoms with Crippen molar-refractivity contribution in [3.63, 3.8) is 0 Å². The predicted molar refractivity (Wildman–Crippen MR) is 99.8 cm³/mol. The molecule has 1 N–H and O–H groups in total. The average molecular weight is 359 g/mol. The fraction of sp³-hybridized carbons (Fsp3) is 0.524. The van der Waals surface area contributed by atoms with E-state index in [1.54, 1.807) is 6.26 Å². The molecule has 1 aromatic heterocycles. The van der Waals surface area contributed by atoms with Crippen LogP contribution < -0.4 is 0 Å². The van der Waals surface area contributed by atoms with E-state index in [2.05, 4.69) is 36.1 Å². The molecule has 1 saturated heterocycles. The summed E-state index contributed by atoms with van der Waals surface area (Å²) in [5.74, 6) is 0.772. The summed E-state index contributed by atoms with van der Waals surface area (Å²) in [6.45, 7) is 5.85. The second-order valence-electron chi connectivity index (χ2n) is 7.00. The Morgan fingerprint density at radius 3 is 2.88 bits per heavy atom. The molecule has 142 valence electrons. The Hall–Kier alpha value is -1.66. The SMILES string of the molecule is Cc1ccccc1CN(C[C@H](O)COCc1ccco1)C[C@@H]1CCCO1. The molecule has 26 heavy (non-hydrogen) atoms. The van der Waals surface area contributed by atoms with Gasteiger partial charge in [-0.1, -0.05) is 24.3 Å². The van der Waals surface area contributed by atoms with E-state index in [0.29, 0.717) is 13.2 Å². The van der Waals surface area contributed by atoms with Gasteiger partial charge in [0, 0.05) is 26.2 Å². The van der Waals surface area contributed by atoms with Gasteiger partial charge in [0.05, 0.1) is 25.1 Å². The van der Waals surface area contributed by atoms with Crippen LogP contribution in [0.2, 0.25) is 0 Å². The van der Waals surface area contributed by atoms with Crippen LogP contribution in [0.5, 0.6) is 0 Å². The molecule has 0 bridgehead atoms. The van der Waals surface area contributed by atoms with Crippen LogP contribution >= 0.6 is 0 Å². The van der Waals surface area contributed by atoms with Crippen molar-refractivity contribution in [3.8, 4) is 0 Å². The molecule has 1 aromatic carbocycles. The lowest BCUT2D eigenvalue weighted by atomic mass is 10.1. The number of hydrogen-bond donors (Lipinski definition) is 1. The maximum atomic E-state index is 10.4. The van der Waals surface area contributed by atoms with Crippen molar-refractivity contribution in [2.75, 3.05) is 26.3 Å². The molecular weight excluding hydrogens is 330 g/mol. The van der Waals surface area contributed by atoms with Crippen LogP contribution in [0.4, 0.5) is 0 Å². The number of aliphatic hydroxyl groups is 1. The van der Waals surface area contributed by atoms with Crippen LogP contribution in [0.25, 0.3) is 0 Å². The first-order valence-corrected chi connectivity index (χ1v) is 9.37. The molecule has 0 aliphatic carbocycles. The van der Waals surface area contributed by atoms with Crippen LogP contribution in [-0.4, -0.2) is 48.5 Å². The number of aliphatic hydroxyl groups excluding tert-OH is 1. The molecule has 0 spiro atoms. The number of benzene rings is 1. The quantitative estimate of drug-likeness (QED) is 0.706. The largest absolute Gasteiger partial charge is 0.467 e. The van der Waals surface area contributed by atoms with Crippen molar-refractivity contribution < 1.29 is 19.0 Å². The Bertz CT molecular complexity index is 637. The standard InChI is InChI=1S/C21H29NO4/c1-17-6-2-3-7-18(17)12-22(14-20-8-4-10-25-20)13-19(23)15-24-16-21-9-5-11-26-21/h2-3,5-7,9,11,19-20,23H,4,8,10,12-16H2,1H3/t19-,20-/m0/s1. The fourth-order valence-electron chi connectivity index (χ4n) is 3.35. The van der Waals surface area contributed by atoms with Gasteiger partial charge in [-0.05, 0) is 43.0 Å². The van der Waals surface area contributed by atoms with Crippen molar-refractivity contribution in [2.24, 2.45) is 0 Å². The van der Waals surface area contributed by atoms with Crippen molar-refractivity contribution in [1.29, 1.82) is 0 Å². The van der Waals surface area contributed by atoms with Gasteiger partial charge in [0.2, 0.25) is 0 Å². The Labute approximate surface area is 155 Å². The fourth-order valence-corrected chi connectivity index (χ4v) is 3.35. The van der Waals surface area contributed by atoms with E-state index in [1.807, 2.05) is 12.1 Å². The summed E-state index contributed by atoms with van der Waals surface area (Å²) in [5, 5.41) is 10.4. The van der Waals surface area contributed by atoms with E-state index in [9.17, 15) is 5.11 Å². The highest BCUT2D eigenvalue weighted by Crippen LogP contribution is 2.17. The molecule has 2 atom stereocenters. The van der Waals surface area contributed by atoms with Gasteiger partial charge in [-0.3, -0.25) is 4.90 Å². The molecule has 3 rings (SSSR count). The van der Waals surface area contributed by atoms with E-state index in [0.717, 1.165) is 38.3 Å². The lowest BCUT2D eigenvalue weighted by Crippen LogP contribution is -2.39. The molecule has 1 aliphatic heterocycles. The zero-order valence-electron chi connectivity index (χ0n) is 15.5. The summed E-state index contributed by atoms with van der Waals surface area (Å²) in [6.07, 6.45) is 3.55. The molecule has 5 nitrogen and oxygen atoms in total. The molecule has 1 fully saturated rings. The van der Waals surface area contributed by atoms with Gasteiger partial charge >= 0.3 is 0 Å². The molecular formula is C21H29NO4. The van der Waals surface area contributed by atoms with Gasteiger partial charge in [0.1, 0.15) is 12.4 Å². The first kappa shape index (κ1) is 19.1. The third-order valence-corrected chi connectivity index (χ3v) is 4.74. The van der Waals surface area contributed by atoms with Crippen LogP contribution in [0, 0.1) is 6.92 Å². The summed E-state index contributed by atoms with van der Waals surface area (Å²) in [4.78, 5) is 2.28. The number of nitrogens with zero attached hydrogens (tertiary/aromatic N) is 1. The van der Waals surface area contributed by atoms with Gasteiger partial charge in [-0.25, -0.2) is 0 Å². The minimum absolute atomic E-state index is 0.259. The number of ether oxygens (including phenoxy) is 2. The van der Waals surface area contributed by atoms with Gasteiger partial charge in [0.25, 0.3) is 0 Å². The van der Waals surface area contributed by atoms with Crippen LogP contribution in [0.15, 0.2) is 47.1 Å². The molecule has 0 radical (unpaired) electrons. The number of furan rings is 1. The van der Waals surface area contributed by atoms with Gasteiger partial charge < -0.3 is 19.0 Å². The van der Waals surface area contributed by atoms with E-state index < -0.39 is 6.10 Å². The highest BCUT2D eigenvalue weighted by Gasteiger charge is 2.21. The van der Waals surface area contributed by atoms with Gasteiger partial charge in [0.15, 0.2) is 0 Å². The van der Waals surface area contributed by atoms with Crippen molar-refractivity contribution in [1.82, 2.24) is 4.90 Å². The number of rotatable bonds is 10. The summed E-state index contributed by atoms with van der Waals surface area (Å²) in [7, 11) is 0. The predicted octanol–water partition coefficient (Wildman–Crippen LogP) is 3.15. The maximum Gasteiger partial charge on any atom is 0.129 e. The van der Waals surface area contributed by atoms with E-state index in [4.69, 9.17) is 13.9 Å². The first-order chi connectivity index (χ1) is 12.7. The van der Waals surface area contributed by atoms with Gasteiger partial charge in [-0.15, -0.1) is 0 Å². The second-order valence-corrected chi connectivity index (χ2v) is 7.00.